The number of carbonyl (C=O) groups excluding carboxylic acids is 1. The summed E-state index contributed by atoms with van der Waals surface area (Å²) in [6, 6.07) is 1.55. The zero-order valence-corrected chi connectivity index (χ0v) is 11.4. The van der Waals surface area contributed by atoms with Crippen molar-refractivity contribution < 1.29 is 13.6 Å². The summed E-state index contributed by atoms with van der Waals surface area (Å²) in [6.45, 7) is 1.96. The molecule has 0 atom stereocenters. The van der Waals surface area contributed by atoms with Crippen LogP contribution in [-0.4, -0.2) is 30.4 Å². The quantitative estimate of drug-likeness (QED) is 0.847. The topological polar surface area (TPSA) is 54.0 Å². The summed E-state index contributed by atoms with van der Waals surface area (Å²) in [7, 11) is 0. The first kappa shape index (κ1) is 14.8. The molecule has 4 nitrogen and oxygen atoms in total. The highest BCUT2D eigenvalue weighted by molar-refractivity contribution is 9.10. The second-order valence-electron chi connectivity index (χ2n) is 3.58. The maximum Gasteiger partial charge on any atom is 0.255 e. The molecule has 1 heterocycles. The van der Waals surface area contributed by atoms with E-state index in [9.17, 15) is 13.6 Å². The first-order valence-corrected chi connectivity index (χ1v) is 6.29. The van der Waals surface area contributed by atoms with Gasteiger partial charge in [-0.15, -0.1) is 0 Å². The molecule has 0 saturated carbocycles. The molecular weight excluding hydrogens is 308 g/mol. The molecule has 0 radical (unpaired) electrons. The van der Waals surface area contributed by atoms with E-state index in [-0.39, 0.29) is 5.56 Å². The van der Waals surface area contributed by atoms with Crippen LogP contribution in [0.2, 0.25) is 0 Å². The number of rotatable bonds is 6. The van der Waals surface area contributed by atoms with Gasteiger partial charge in [0.1, 0.15) is 5.82 Å². The van der Waals surface area contributed by atoms with Crippen molar-refractivity contribution in [1.82, 2.24) is 10.3 Å². The number of alkyl halides is 2. The highest BCUT2D eigenvalue weighted by Crippen LogP contribution is 2.18. The molecule has 18 heavy (non-hydrogen) atoms. The molecule has 0 aliphatic carbocycles. The molecule has 0 spiro atoms. The third-order valence-electron chi connectivity index (χ3n) is 2.06. The molecule has 2 N–H and O–H groups in total. The number of halogens is 3. The van der Waals surface area contributed by atoms with Gasteiger partial charge >= 0.3 is 0 Å². The highest BCUT2D eigenvalue weighted by Gasteiger charge is 2.14. The summed E-state index contributed by atoms with van der Waals surface area (Å²) >= 11 is 3.19. The van der Waals surface area contributed by atoms with Gasteiger partial charge in [-0.3, -0.25) is 4.79 Å². The Morgan fingerprint density at radius 1 is 1.56 bits per heavy atom. The zero-order chi connectivity index (χ0) is 13.5. The number of pyridine rings is 1. The van der Waals surface area contributed by atoms with Crippen LogP contribution in [0.3, 0.4) is 0 Å². The second-order valence-corrected chi connectivity index (χ2v) is 4.49. The Labute approximate surface area is 112 Å². The molecule has 0 fully saturated rings. The number of nitrogens with one attached hydrogen (secondary N) is 2. The first-order valence-electron chi connectivity index (χ1n) is 5.50. The molecule has 0 saturated heterocycles. The lowest BCUT2D eigenvalue weighted by atomic mass is 10.2. The maximum atomic E-state index is 12.0. The van der Waals surface area contributed by atoms with Crippen molar-refractivity contribution in [2.75, 3.05) is 18.4 Å². The fourth-order valence-electron chi connectivity index (χ4n) is 1.26. The molecule has 0 aromatic carbocycles. The standard InChI is InChI=1S/C11H14BrF2N3O/c1-2-3-15-10-8(4-7(12)5-16-10)11(18)17-6-9(13)14/h4-5,9H,2-3,6H2,1H3,(H,15,16)(H,17,18). The predicted octanol–water partition coefficient (Wildman–Crippen LogP) is 2.66. The molecule has 0 bridgehead atoms. The van der Waals surface area contributed by atoms with Gasteiger partial charge in [0.15, 0.2) is 0 Å². The Morgan fingerprint density at radius 3 is 2.89 bits per heavy atom. The lowest BCUT2D eigenvalue weighted by molar-refractivity contribution is 0.0892. The Kier molecular flexibility index (Phi) is 5.97. The van der Waals surface area contributed by atoms with Crippen molar-refractivity contribution in [3.05, 3.63) is 22.3 Å². The molecule has 0 aliphatic heterocycles. The number of anilines is 1. The molecule has 7 heteroatoms. The fraction of sp³-hybridized carbons (Fsp3) is 0.455. The Morgan fingerprint density at radius 2 is 2.28 bits per heavy atom. The summed E-state index contributed by atoms with van der Waals surface area (Å²) in [4.78, 5) is 15.8. The van der Waals surface area contributed by atoms with Crippen molar-refractivity contribution in [2.45, 2.75) is 19.8 Å². The average molecular weight is 322 g/mol. The van der Waals surface area contributed by atoms with Crippen molar-refractivity contribution in [1.29, 1.82) is 0 Å². The van der Waals surface area contributed by atoms with Crippen LogP contribution in [0.4, 0.5) is 14.6 Å². The van der Waals surface area contributed by atoms with Crippen LogP contribution in [0.1, 0.15) is 23.7 Å². The van der Waals surface area contributed by atoms with E-state index in [0.29, 0.717) is 16.8 Å². The summed E-state index contributed by atoms with van der Waals surface area (Å²) in [5.74, 6) is -0.172. The highest BCUT2D eigenvalue weighted by atomic mass is 79.9. The van der Waals surface area contributed by atoms with Gasteiger partial charge in [0, 0.05) is 17.2 Å². The number of amides is 1. The zero-order valence-electron chi connectivity index (χ0n) is 9.84. The minimum absolute atomic E-state index is 0.249. The molecule has 1 amide bonds. The summed E-state index contributed by atoms with van der Waals surface area (Å²) in [5.41, 5.74) is 0.249. The number of hydrogen-bond donors (Lipinski definition) is 2. The Bertz CT molecular complexity index is 415. The Balaban J connectivity index is 2.83. The van der Waals surface area contributed by atoms with Crippen LogP contribution in [0.25, 0.3) is 0 Å². The maximum absolute atomic E-state index is 12.0. The largest absolute Gasteiger partial charge is 0.369 e. The van der Waals surface area contributed by atoms with Crippen LogP contribution in [0.15, 0.2) is 16.7 Å². The van der Waals surface area contributed by atoms with Gasteiger partial charge in [-0.05, 0) is 28.4 Å². The van der Waals surface area contributed by atoms with Crippen LogP contribution >= 0.6 is 15.9 Å². The predicted molar refractivity (Wildman–Crippen MR) is 69.1 cm³/mol. The SMILES string of the molecule is CCCNc1ncc(Br)cc1C(=O)NCC(F)F. The monoisotopic (exact) mass is 321 g/mol. The number of hydrogen-bond acceptors (Lipinski definition) is 3. The number of carbonyl (C=O) groups is 1. The minimum Gasteiger partial charge on any atom is -0.369 e. The van der Waals surface area contributed by atoms with Crippen molar-refractivity contribution >= 4 is 27.7 Å². The smallest absolute Gasteiger partial charge is 0.255 e. The van der Waals surface area contributed by atoms with Crippen LogP contribution in [0, 0.1) is 0 Å². The van der Waals surface area contributed by atoms with E-state index in [1.807, 2.05) is 6.92 Å². The molecule has 100 valence electrons. The third kappa shape index (κ3) is 4.56. The van der Waals surface area contributed by atoms with Crippen LogP contribution < -0.4 is 10.6 Å². The van der Waals surface area contributed by atoms with Gasteiger partial charge < -0.3 is 10.6 Å². The number of aromatic nitrogens is 1. The molecule has 0 unspecified atom stereocenters. The fourth-order valence-corrected chi connectivity index (χ4v) is 1.59. The van der Waals surface area contributed by atoms with Gasteiger partial charge in [-0.25, -0.2) is 13.8 Å². The van der Waals surface area contributed by atoms with E-state index < -0.39 is 18.9 Å². The van der Waals surface area contributed by atoms with E-state index in [1.54, 1.807) is 12.3 Å². The molecule has 1 aromatic rings. The van der Waals surface area contributed by atoms with E-state index in [2.05, 4.69) is 31.5 Å². The molecule has 1 rings (SSSR count). The average Bonchev–Trinajstić information content (AvgIpc) is 2.34. The molecule has 1 aromatic heterocycles. The number of nitrogens with zero attached hydrogens (tertiary/aromatic N) is 1. The van der Waals surface area contributed by atoms with Gasteiger partial charge in [-0.2, -0.15) is 0 Å². The van der Waals surface area contributed by atoms with Crippen molar-refractivity contribution in [3.8, 4) is 0 Å². The van der Waals surface area contributed by atoms with E-state index in [4.69, 9.17) is 0 Å². The van der Waals surface area contributed by atoms with Crippen LogP contribution in [0.5, 0.6) is 0 Å². The van der Waals surface area contributed by atoms with Crippen molar-refractivity contribution in [3.63, 3.8) is 0 Å². The van der Waals surface area contributed by atoms with Crippen molar-refractivity contribution in [2.24, 2.45) is 0 Å². The lowest BCUT2D eigenvalue weighted by Gasteiger charge is -2.11. The van der Waals surface area contributed by atoms with Gasteiger partial charge in [-0.1, -0.05) is 6.92 Å². The first-order chi connectivity index (χ1) is 8.54. The third-order valence-corrected chi connectivity index (χ3v) is 2.49. The molecule has 0 aliphatic rings. The Hall–Kier alpha value is -1.24. The van der Waals surface area contributed by atoms with Gasteiger partial charge in [0.05, 0.1) is 12.1 Å². The summed E-state index contributed by atoms with van der Waals surface area (Å²) in [6.07, 6.45) is -0.154. The normalized spacial score (nSPS) is 10.5. The lowest BCUT2D eigenvalue weighted by Crippen LogP contribution is -2.29. The minimum atomic E-state index is -2.57. The van der Waals surface area contributed by atoms with Gasteiger partial charge in [0.25, 0.3) is 12.3 Å². The van der Waals surface area contributed by atoms with Gasteiger partial charge in [0.2, 0.25) is 0 Å². The summed E-state index contributed by atoms with van der Waals surface area (Å²) < 4.78 is 24.7. The van der Waals surface area contributed by atoms with E-state index in [0.717, 1.165) is 6.42 Å². The van der Waals surface area contributed by atoms with E-state index >= 15 is 0 Å². The second kappa shape index (κ2) is 7.25. The molecular formula is C11H14BrF2N3O. The van der Waals surface area contributed by atoms with Crippen LogP contribution in [-0.2, 0) is 0 Å². The summed E-state index contributed by atoms with van der Waals surface area (Å²) in [5, 5.41) is 5.13. The van der Waals surface area contributed by atoms with E-state index in [1.165, 1.54) is 0 Å².